The summed E-state index contributed by atoms with van der Waals surface area (Å²) in [5, 5.41) is 2.81. The van der Waals surface area contributed by atoms with Crippen LogP contribution in [0.1, 0.15) is 53.4 Å². The van der Waals surface area contributed by atoms with Gasteiger partial charge in [0.25, 0.3) is 0 Å². The quantitative estimate of drug-likeness (QED) is 0.638. The van der Waals surface area contributed by atoms with Crippen molar-refractivity contribution in [3.63, 3.8) is 0 Å². The lowest BCUT2D eigenvalue weighted by atomic mass is 10.0. The third kappa shape index (κ3) is 5.31. The second kappa shape index (κ2) is 10.8. The average molecular weight is 440 g/mol. The van der Waals surface area contributed by atoms with Gasteiger partial charge in [-0.3, -0.25) is 9.59 Å². The number of carbonyl (C=O) groups is 2. The monoisotopic (exact) mass is 439 g/mol. The summed E-state index contributed by atoms with van der Waals surface area (Å²) in [6.45, 7) is 8.66. The highest BCUT2D eigenvalue weighted by atomic mass is 32.2. The Bertz CT molecular complexity index is 852. The fraction of sp³-hybridized carbons (Fsp3) is 0.619. The summed E-state index contributed by atoms with van der Waals surface area (Å²) < 4.78 is 33.1. The van der Waals surface area contributed by atoms with Crippen LogP contribution in [0.2, 0.25) is 0 Å². The Kier molecular flexibility index (Phi) is 8.66. The van der Waals surface area contributed by atoms with Crippen molar-refractivity contribution in [2.75, 3.05) is 31.6 Å². The van der Waals surface area contributed by atoms with Crippen LogP contribution in [-0.2, 0) is 19.6 Å². The number of benzene rings is 1. The summed E-state index contributed by atoms with van der Waals surface area (Å²) >= 11 is 0. The van der Waals surface area contributed by atoms with Crippen LogP contribution in [-0.4, -0.2) is 61.7 Å². The van der Waals surface area contributed by atoms with Gasteiger partial charge in [-0.2, -0.15) is 4.31 Å². The Morgan fingerprint density at radius 2 is 1.87 bits per heavy atom. The molecule has 1 saturated heterocycles. The maximum absolute atomic E-state index is 13.1. The third-order valence-corrected chi connectivity index (χ3v) is 7.33. The van der Waals surface area contributed by atoms with E-state index in [1.165, 1.54) is 10.4 Å². The number of hydrogen-bond donors (Lipinski definition) is 1. The van der Waals surface area contributed by atoms with Gasteiger partial charge in [0.1, 0.15) is 16.7 Å². The van der Waals surface area contributed by atoms with Gasteiger partial charge in [-0.25, -0.2) is 8.42 Å². The summed E-state index contributed by atoms with van der Waals surface area (Å²) in [6, 6.07) is 4.08. The van der Waals surface area contributed by atoms with Gasteiger partial charge in [-0.15, -0.1) is 0 Å². The summed E-state index contributed by atoms with van der Waals surface area (Å²) in [6.07, 6.45) is 2.69. The number of carbonyl (C=O) groups excluding carboxylic acids is 2. The summed E-state index contributed by atoms with van der Waals surface area (Å²) in [5.74, 6) is -0.0963. The van der Waals surface area contributed by atoms with E-state index in [0.29, 0.717) is 44.8 Å². The molecule has 2 rings (SSSR count). The van der Waals surface area contributed by atoms with Crippen molar-refractivity contribution in [1.82, 2.24) is 9.21 Å². The second-order valence-corrected chi connectivity index (χ2v) is 9.03. The Morgan fingerprint density at radius 3 is 2.47 bits per heavy atom. The van der Waals surface area contributed by atoms with Gasteiger partial charge in [0.15, 0.2) is 0 Å². The van der Waals surface area contributed by atoms with E-state index in [1.54, 1.807) is 44.7 Å². The molecule has 1 fully saturated rings. The van der Waals surface area contributed by atoms with E-state index in [-0.39, 0.29) is 22.5 Å². The molecule has 0 saturated carbocycles. The maximum Gasteiger partial charge on any atom is 0.247 e. The lowest BCUT2D eigenvalue weighted by molar-refractivity contribution is -0.140. The van der Waals surface area contributed by atoms with Crippen LogP contribution in [0, 0.1) is 0 Å². The fourth-order valence-corrected chi connectivity index (χ4v) is 5.31. The predicted molar refractivity (Wildman–Crippen MR) is 116 cm³/mol. The number of ether oxygens (including phenoxy) is 1. The molecular weight excluding hydrogens is 406 g/mol. The number of piperidine rings is 1. The highest BCUT2D eigenvalue weighted by molar-refractivity contribution is 7.89. The topological polar surface area (TPSA) is 96.0 Å². The summed E-state index contributed by atoms with van der Waals surface area (Å²) in [5.41, 5.74) is 0.364. The summed E-state index contributed by atoms with van der Waals surface area (Å²) in [4.78, 5) is 26.8. The normalized spacial score (nSPS) is 17.1. The molecule has 0 spiro atoms. The van der Waals surface area contributed by atoms with Gasteiger partial charge < -0.3 is 15.0 Å². The Morgan fingerprint density at radius 1 is 1.17 bits per heavy atom. The van der Waals surface area contributed by atoms with Gasteiger partial charge in [-0.05, 0) is 44.4 Å². The van der Waals surface area contributed by atoms with Gasteiger partial charge in [0.2, 0.25) is 21.8 Å². The number of hydrogen-bond acceptors (Lipinski definition) is 5. The zero-order chi connectivity index (χ0) is 22.3. The zero-order valence-corrected chi connectivity index (χ0v) is 19.1. The summed E-state index contributed by atoms with van der Waals surface area (Å²) in [7, 11) is -3.77. The van der Waals surface area contributed by atoms with E-state index in [4.69, 9.17) is 4.74 Å². The maximum atomic E-state index is 13.1. The van der Waals surface area contributed by atoms with Crippen LogP contribution in [0.25, 0.3) is 0 Å². The first-order valence-corrected chi connectivity index (χ1v) is 12.1. The first-order chi connectivity index (χ1) is 14.3. The lowest BCUT2D eigenvalue weighted by Crippen LogP contribution is -2.49. The molecule has 168 valence electrons. The molecule has 1 aliphatic heterocycles. The van der Waals surface area contributed by atoms with E-state index in [9.17, 15) is 18.0 Å². The highest BCUT2D eigenvalue weighted by Crippen LogP contribution is 2.30. The standard InChI is InChI=1S/C21H33N3O5S/c1-5-20(25)24-14-10-9-11-17(24)21(26)22-16-12-13-18(29-8-4)19(15-16)30(27,28)23(6-2)7-3/h12-13,15,17H,5-11,14H2,1-4H3,(H,22,26). The van der Waals surface area contributed by atoms with Crippen molar-refractivity contribution in [1.29, 1.82) is 0 Å². The first kappa shape index (κ1) is 24.1. The Balaban J connectivity index is 2.34. The molecule has 1 heterocycles. The highest BCUT2D eigenvalue weighted by Gasteiger charge is 2.32. The van der Waals surface area contributed by atoms with Gasteiger partial charge in [0, 0.05) is 31.7 Å². The lowest BCUT2D eigenvalue weighted by Gasteiger charge is -2.34. The second-order valence-electron chi connectivity index (χ2n) is 7.13. The minimum absolute atomic E-state index is 0.0241. The van der Waals surface area contributed by atoms with Crippen LogP contribution < -0.4 is 10.1 Å². The number of nitrogens with one attached hydrogen (secondary N) is 1. The number of rotatable bonds is 9. The average Bonchev–Trinajstić information content (AvgIpc) is 2.75. The molecule has 1 aromatic carbocycles. The Hall–Kier alpha value is -2.13. The molecular formula is C21H33N3O5S. The van der Waals surface area contributed by atoms with Crippen LogP contribution in [0.5, 0.6) is 5.75 Å². The van der Waals surface area contributed by atoms with E-state index in [0.717, 1.165) is 12.8 Å². The van der Waals surface area contributed by atoms with Crippen LogP contribution in [0.15, 0.2) is 23.1 Å². The molecule has 9 heteroatoms. The number of amides is 2. The molecule has 1 aromatic rings. The van der Waals surface area contributed by atoms with E-state index in [1.807, 2.05) is 0 Å². The minimum Gasteiger partial charge on any atom is -0.492 e. The SMILES string of the molecule is CCOc1ccc(NC(=O)C2CCCCN2C(=O)CC)cc1S(=O)(=O)N(CC)CC. The molecule has 30 heavy (non-hydrogen) atoms. The van der Waals surface area contributed by atoms with E-state index in [2.05, 4.69) is 5.32 Å². The van der Waals surface area contributed by atoms with Crippen molar-refractivity contribution in [3.05, 3.63) is 18.2 Å². The molecule has 1 N–H and O–H groups in total. The third-order valence-electron chi connectivity index (χ3n) is 5.26. The van der Waals surface area contributed by atoms with Crippen LogP contribution in [0.4, 0.5) is 5.69 Å². The van der Waals surface area contributed by atoms with Crippen molar-refractivity contribution in [2.24, 2.45) is 0 Å². The minimum atomic E-state index is -3.77. The molecule has 1 atom stereocenters. The molecule has 0 aromatic heterocycles. The van der Waals surface area contributed by atoms with Gasteiger partial charge in [-0.1, -0.05) is 20.8 Å². The van der Waals surface area contributed by atoms with E-state index < -0.39 is 16.1 Å². The first-order valence-electron chi connectivity index (χ1n) is 10.7. The number of likely N-dealkylation sites (tertiary alicyclic amines) is 1. The molecule has 1 unspecified atom stereocenters. The van der Waals surface area contributed by atoms with Crippen LogP contribution in [0.3, 0.4) is 0 Å². The molecule has 8 nitrogen and oxygen atoms in total. The largest absolute Gasteiger partial charge is 0.492 e. The molecule has 0 aliphatic carbocycles. The Labute approximate surface area is 179 Å². The smallest absolute Gasteiger partial charge is 0.247 e. The van der Waals surface area contributed by atoms with Gasteiger partial charge >= 0.3 is 0 Å². The molecule has 0 bridgehead atoms. The molecule has 0 radical (unpaired) electrons. The van der Waals surface area contributed by atoms with Crippen molar-refractivity contribution >= 4 is 27.5 Å². The van der Waals surface area contributed by atoms with E-state index >= 15 is 0 Å². The van der Waals surface area contributed by atoms with Gasteiger partial charge in [0.05, 0.1) is 6.61 Å². The predicted octanol–water partition coefficient (Wildman–Crippen LogP) is 2.85. The number of anilines is 1. The van der Waals surface area contributed by atoms with Crippen LogP contribution >= 0.6 is 0 Å². The zero-order valence-electron chi connectivity index (χ0n) is 18.3. The molecule has 2 amide bonds. The number of nitrogens with zero attached hydrogens (tertiary/aromatic N) is 2. The van der Waals surface area contributed by atoms with Crippen molar-refractivity contribution in [3.8, 4) is 5.75 Å². The number of sulfonamides is 1. The molecule has 1 aliphatic rings. The van der Waals surface area contributed by atoms with Crippen molar-refractivity contribution < 1.29 is 22.7 Å². The van der Waals surface area contributed by atoms with Crippen molar-refractivity contribution in [2.45, 2.75) is 64.3 Å². The fourth-order valence-electron chi connectivity index (χ4n) is 3.70.